The Balaban J connectivity index is 1.40. The van der Waals surface area contributed by atoms with Crippen molar-refractivity contribution >= 4 is 17.7 Å². The van der Waals surface area contributed by atoms with Crippen LogP contribution >= 0.6 is 0 Å². The van der Waals surface area contributed by atoms with E-state index in [0.717, 1.165) is 29.5 Å². The number of aromatic nitrogens is 6. The SMILES string of the molecule is Cc1cccc(-c2ccccc2CNc2nc(=NC3CC3)n3ncc(=Cc4[nH]c(=O)[nH]c4O)c3n2)c1. The first-order valence-corrected chi connectivity index (χ1v) is 11.7. The van der Waals surface area contributed by atoms with Crippen molar-refractivity contribution in [1.82, 2.24) is 29.5 Å². The van der Waals surface area contributed by atoms with Gasteiger partial charge in [-0.2, -0.15) is 19.6 Å². The van der Waals surface area contributed by atoms with Gasteiger partial charge in [-0.1, -0.05) is 54.1 Å². The lowest BCUT2D eigenvalue weighted by Gasteiger charge is -2.11. The minimum absolute atomic E-state index is 0.236. The summed E-state index contributed by atoms with van der Waals surface area (Å²) in [6, 6.07) is 16.9. The molecule has 0 spiro atoms. The van der Waals surface area contributed by atoms with Gasteiger partial charge in [0, 0.05) is 11.8 Å². The fraction of sp³-hybridized carbons (Fsp3) is 0.192. The van der Waals surface area contributed by atoms with Gasteiger partial charge in [0.05, 0.1) is 12.2 Å². The Morgan fingerprint density at radius 1 is 1.17 bits per heavy atom. The Morgan fingerprint density at radius 3 is 2.81 bits per heavy atom. The maximum atomic E-state index is 11.5. The highest BCUT2D eigenvalue weighted by Gasteiger charge is 2.21. The van der Waals surface area contributed by atoms with Gasteiger partial charge in [0.1, 0.15) is 5.69 Å². The zero-order chi connectivity index (χ0) is 24.6. The predicted octanol–water partition coefficient (Wildman–Crippen LogP) is 2.04. The maximum Gasteiger partial charge on any atom is 0.326 e. The standard InChI is InChI=1S/C26H24N8O2/c1-15-5-4-7-16(11-15)20-8-3-2-6-17(20)13-27-24-31-22-18(12-21-23(35)32-26(36)30-21)14-28-34(22)25(33-24)29-19-9-10-19/h2-8,11-12,14,19,35H,9-10,13H2,1H3,(H,27,29,33)(H2,30,32,36). The number of fused-ring (bicyclic) bond motifs is 1. The molecule has 3 aromatic heterocycles. The fourth-order valence-corrected chi connectivity index (χ4v) is 4.10. The van der Waals surface area contributed by atoms with Crippen molar-refractivity contribution in [1.29, 1.82) is 0 Å². The highest BCUT2D eigenvalue weighted by Crippen LogP contribution is 2.25. The van der Waals surface area contributed by atoms with Crippen LogP contribution in [0.3, 0.4) is 0 Å². The molecule has 10 nitrogen and oxygen atoms in total. The van der Waals surface area contributed by atoms with Crippen LogP contribution in [-0.2, 0) is 6.54 Å². The third kappa shape index (κ3) is 4.36. The lowest BCUT2D eigenvalue weighted by Crippen LogP contribution is -2.24. The smallest absolute Gasteiger partial charge is 0.326 e. The molecule has 0 bridgehead atoms. The van der Waals surface area contributed by atoms with Crippen molar-refractivity contribution in [3.63, 3.8) is 0 Å². The summed E-state index contributed by atoms with van der Waals surface area (Å²) in [4.78, 5) is 30.5. The molecule has 2 aromatic carbocycles. The monoisotopic (exact) mass is 480 g/mol. The summed E-state index contributed by atoms with van der Waals surface area (Å²) in [5.74, 6) is 0.172. The van der Waals surface area contributed by atoms with E-state index in [1.165, 1.54) is 5.56 Å². The first-order chi connectivity index (χ1) is 17.5. The average Bonchev–Trinajstić information content (AvgIpc) is 3.51. The van der Waals surface area contributed by atoms with E-state index in [0.29, 0.717) is 29.0 Å². The number of nitrogens with zero attached hydrogens (tertiary/aromatic N) is 5. The molecule has 180 valence electrons. The topological polar surface area (TPSA) is 136 Å². The summed E-state index contributed by atoms with van der Waals surface area (Å²) in [6.07, 6.45) is 5.27. The Hall–Kier alpha value is -4.73. The Bertz CT molecular complexity index is 1760. The van der Waals surface area contributed by atoms with Crippen molar-refractivity contribution in [2.24, 2.45) is 4.99 Å². The molecule has 1 aliphatic rings. The van der Waals surface area contributed by atoms with E-state index in [1.54, 1.807) is 16.8 Å². The van der Waals surface area contributed by atoms with Crippen LogP contribution in [0, 0.1) is 6.92 Å². The second-order valence-corrected chi connectivity index (χ2v) is 8.91. The lowest BCUT2D eigenvalue weighted by atomic mass is 9.98. The van der Waals surface area contributed by atoms with Gasteiger partial charge in [0.2, 0.25) is 11.8 Å². The number of H-pyrrole nitrogens is 2. The fourth-order valence-electron chi connectivity index (χ4n) is 4.10. The second-order valence-electron chi connectivity index (χ2n) is 8.91. The summed E-state index contributed by atoms with van der Waals surface area (Å²) in [6.45, 7) is 2.60. The molecule has 0 saturated heterocycles. The lowest BCUT2D eigenvalue weighted by molar-refractivity contribution is 0.454. The van der Waals surface area contributed by atoms with Crippen molar-refractivity contribution in [2.45, 2.75) is 32.4 Å². The Kier molecular flexibility index (Phi) is 5.33. The molecule has 3 heterocycles. The zero-order valence-corrected chi connectivity index (χ0v) is 19.6. The van der Waals surface area contributed by atoms with Crippen LogP contribution in [-0.4, -0.2) is 40.7 Å². The van der Waals surface area contributed by atoms with Crippen LogP contribution in [0.15, 0.2) is 64.5 Å². The van der Waals surface area contributed by atoms with E-state index in [2.05, 4.69) is 68.7 Å². The number of benzene rings is 2. The highest BCUT2D eigenvalue weighted by molar-refractivity contribution is 5.68. The predicted molar refractivity (Wildman–Crippen MR) is 135 cm³/mol. The summed E-state index contributed by atoms with van der Waals surface area (Å²) < 4.78 is 1.58. The van der Waals surface area contributed by atoms with Gasteiger partial charge >= 0.3 is 5.69 Å². The van der Waals surface area contributed by atoms with E-state index >= 15 is 0 Å². The molecule has 0 aliphatic heterocycles. The Morgan fingerprint density at radius 2 is 2.03 bits per heavy atom. The first-order valence-electron chi connectivity index (χ1n) is 11.7. The number of hydrogen-bond acceptors (Lipinski definition) is 7. The first kappa shape index (κ1) is 21.8. The molecule has 0 atom stereocenters. The largest absolute Gasteiger partial charge is 0.493 e. The van der Waals surface area contributed by atoms with E-state index in [4.69, 9.17) is 9.98 Å². The van der Waals surface area contributed by atoms with E-state index in [1.807, 2.05) is 12.1 Å². The van der Waals surface area contributed by atoms with Crippen molar-refractivity contribution in [2.75, 3.05) is 5.32 Å². The van der Waals surface area contributed by atoms with E-state index in [-0.39, 0.29) is 17.6 Å². The van der Waals surface area contributed by atoms with E-state index < -0.39 is 5.69 Å². The average molecular weight is 481 g/mol. The van der Waals surface area contributed by atoms with Crippen LogP contribution in [0.25, 0.3) is 22.9 Å². The van der Waals surface area contributed by atoms with Gasteiger partial charge in [-0.05, 0) is 42.5 Å². The third-order valence-corrected chi connectivity index (χ3v) is 6.04. The number of nitrogens with one attached hydrogen (secondary N) is 3. The number of aromatic hydroxyl groups is 1. The van der Waals surface area contributed by atoms with Gasteiger partial charge in [-0.15, -0.1) is 0 Å². The highest BCUT2D eigenvalue weighted by atomic mass is 16.3. The van der Waals surface area contributed by atoms with Gasteiger partial charge in [0.25, 0.3) is 5.62 Å². The molecule has 6 rings (SSSR count). The van der Waals surface area contributed by atoms with Crippen LogP contribution in [0.1, 0.15) is 29.7 Å². The number of imidazole rings is 1. The number of rotatable bonds is 6. The van der Waals surface area contributed by atoms with Crippen LogP contribution in [0.4, 0.5) is 5.95 Å². The van der Waals surface area contributed by atoms with Crippen LogP contribution in [0.5, 0.6) is 5.88 Å². The van der Waals surface area contributed by atoms with Gasteiger partial charge in [-0.25, -0.2) is 9.79 Å². The molecule has 5 aromatic rings. The molecule has 10 heteroatoms. The number of hydrogen-bond donors (Lipinski definition) is 4. The summed E-state index contributed by atoms with van der Waals surface area (Å²) in [5, 5.41) is 18.4. The minimum atomic E-state index is -0.496. The summed E-state index contributed by atoms with van der Waals surface area (Å²) in [5.41, 5.74) is 5.34. The molecular formula is C26H24N8O2. The van der Waals surface area contributed by atoms with Gasteiger partial charge < -0.3 is 15.4 Å². The molecule has 4 N–H and O–H groups in total. The Labute approximate surface area is 205 Å². The molecule has 0 amide bonds. The summed E-state index contributed by atoms with van der Waals surface area (Å²) >= 11 is 0. The minimum Gasteiger partial charge on any atom is -0.493 e. The third-order valence-electron chi connectivity index (χ3n) is 6.04. The zero-order valence-electron chi connectivity index (χ0n) is 19.6. The van der Waals surface area contributed by atoms with E-state index in [9.17, 15) is 9.90 Å². The molecule has 1 saturated carbocycles. The normalized spacial score (nSPS) is 14.6. The van der Waals surface area contributed by atoms with Crippen molar-refractivity contribution < 1.29 is 5.11 Å². The summed E-state index contributed by atoms with van der Waals surface area (Å²) in [7, 11) is 0. The quantitative estimate of drug-likeness (QED) is 0.294. The number of aryl methyl sites for hydroxylation is 1. The van der Waals surface area contributed by atoms with Crippen LogP contribution < -0.4 is 21.8 Å². The molecule has 0 radical (unpaired) electrons. The molecule has 36 heavy (non-hydrogen) atoms. The number of anilines is 1. The van der Waals surface area contributed by atoms with Crippen LogP contribution in [0.2, 0.25) is 0 Å². The molecule has 1 aliphatic carbocycles. The van der Waals surface area contributed by atoms with Gasteiger partial charge in [0.15, 0.2) is 5.65 Å². The number of aromatic amines is 2. The second kappa shape index (κ2) is 8.81. The maximum absolute atomic E-state index is 11.5. The van der Waals surface area contributed by atoms with Crippen molar-refractivity contribution in [3.05, 3.63) is 92.9 Å². The van der Waals surface area contributed by atoms with Gasteiger partial charge in [-0.3, -0.25) is 4.98 Å². The molecular weight excluding hydrogens is 456 g/mol. The van der Waals surface area contributed by atoms with Crippen molar-refractivity contribution in [3.8, 4) is 17.0 Å². The molecule has 1 fully saturated rings. The molecule has 0 unspecified atom stereocenters.